The molecule has 5 heteroatoms. The van der Waals surface area contributed by atoms with Crippen molar-refractivity contribution in [2.45, 2.75) is 26.2 Å². The summed E-state index contributed by atoms with van der Waals surface area (Å²) in [7, 11) is -5.17. The first-order valence-electron chi connectivity index (χ1n) is 4.27. The van der Waals surface area contributed by atoms with Gasteiger partial charge in [-0.05, 0) is 6.42 Å². The highest BCUT2D eigenvalue weighted by Gasteiger charge is 2.17. The van der Waals surface area contributed by atoms with E-state index in [-0.39, 0.29) is 11.5 Å². The van der Waals surface area contributed by atoms with Crippen molar-refractivity contribution in [3.63, 3.8) is 0 Å². The summed E-state index contributed by atoms with van der Waals surface area (Å²) < 4.78 is 33.6. The minimum absolute atomic E-state index is 0.0291. The van der Waals surface area contributed by atoms with Crippen LogP contribution in [-0.4, -0.2) is 24.1 Å². The normalized spacial score (nSPS) is 13.9. The molecule has 0 bridgehead atoms. The summed E-state index contributed by atoms with van der Waals surface area (Å²) in [6.45, 7) is 5.35. The van der Waals surface area contributed by atoms with Gasteiger partial charge < -0.3 is 0 Å². The Morgan fingerprint density at radius 1 is 1.38 bits per heavy atom. The molecule has 78 valence electrons. The molecule has 0 saturated heterocycles. The topological polar surface area (TPSA) is 51.2 Å². The van der Waals surface area contributed by atoms with Crippen LogP contribution in [0.15, 0.2) is 12.7 Å². The summed E-state index contributed by atoms with van der Waals surface area (Å²) >= 11 is 0. The first-order chi connectivity index (χ1) is 6.04. The molecule has 0 aromatic carbocycles. The predicted molar refractivity (Wildman–Crippen MR) is 56.5 cm³/mol. The van der Waals surface area contributed by atoms with Crippen LogP contribution < -0.4 is 0 Å². The van der Waals surface area contributed by atoms with Crippen LogP contribution >= 0.6 is 0 Å². The molecule has 1 atom stereocenters. The van der Waals surface area contributed by atoms with E-state index in [0.29, 0.717) is 6.42 Å². The van der Waals surface area contributed by atoms with E-state index in [1.165, 1.54) is 6.08 Å². The Morgan fingerprint density at radius 3 is 2.46 bits per heavy atom. The van der Waals surface area contributed by atoms with Gasteiger partial charge in [0.2, 0.25) is 8.87 Å². The lowest BCUT2D eigenvalue weighted by atomic mass is 10.3. The molecule has 0 aliphatic carbocycles. The second kappa shape index (κ2) is 6.32. The standard InChI is InChI=1S/C8H16O3S2/c1-3-5-6-8-13(10,11)12(9)7-4-2/h4H,2-3,5-8H2,1H3. The zero-order valence-corrected chi connectivity index (χ0v) is 9.49. The summed E-state index contributed by atoms with van der Waals surface area (Å²) in [4.78, 5) is 0. The first kappa shape index (κ1) is 12.8. The van der Waals surface area contributed by atoms with Crippen LogP contribution in [-0.2, 0) is 18.7 Å². The van der Waals surface area contributed by atoms with Gasteiger partial charge in [-0.1, -0.05) is 25.8 Å². The Hall–Kier alpha value is -0.160. The van der Waals surface area contributed by atoms with Crippen molar-refractivity contribution >= 4 is 18.7 Å². The quantitative estimate of drug-likeness (QED) is 0.373. The highest BCUT2D eigenvalue weighted by Crippen LogP contribution is 2.04. The summed E-state index contributed by atoms with van der Waals surface area (Å²) in [6, 6.07) is 0. The largest absolute Gasteiger partial charge is 0.243 e. The molecule has 0 aromatic rings. The molecule has 0 aromatic heterocycles. The average molecular weight is 224 g/mol. The van der Waals surface area contributed by atoms with Crippen LogP contribution in [0.3, 0.4) is 0 Å². The van der Waals surface area contributed by atoms with E-state index in [0.717, 1.165) is 12.8 Å². The van der Waals surface area contributed by atoms with Gasteiger partial charge in [-0.2, -0.15) is 0 Å². The van der Waals surface area contributed by atoms with Crippen LogP contribution in [0.2, 0.25) is 0 Å². The number of hydrogen-bond donors (Lipinski definition) is 0. The highest BCUT2D eigenvalue weighted by molar-refractivity contribution is 8.64. The fraction of sp³-hybridized carbons (Fsp3) is 0.750. The van der Waals surface area contributed by atoms with Crippen molar-refractivity contribution in [1.82, 2.24) is 0 Å². The van der Waals surface area contributed by atoms with Gasteiger partial charge in [0, 0.05) is 0 Å². The molecule has 0 aliphatic heterocycles. The number of unbranched alkanes of at least 4 members (excludes halogenated alkanes) is 2. The molecule has 0 rings (SSSR count). The van der Waals surface area contributed by atoms with Gasteiger partial charge >= 0.3 is 0 Å². The van der Waals surface area contributed by atoms with Gasteiger partial charge in [-0.25, -0.2) is 12.6 Å². The van der Waals surface area contributed by atoms with Gasteiger partial charge in [-0.3, -0.25) is 0 Å². The lowest BCUT2D eigenvalue weighted by molar-refractivity contribution is 0.601. The monoisotopic (exact) mass is 224 g/mol. The first-order valence-corrected chi connectivity index (χ1v) is 7.76. The molecule has 13 heavy (non-hydrogen) atoms. The van der Waals surface area contributed by atoms with E-state index in [4.69, 9.17) is 0 Å². The zero-order chi connectivity index (χ0) is 10.3. The van der Waals surface area contributed by atoms with Gasteiger partial charge in [-0.15, -0.1) is 6.58 Å². The summed E-state index contributed by atoms with van der Waals surface area (Å²) in [5.41, 5.74) is 0. The summed E-state index contributed by atoms with van der Waals surface area (Å²) in [5, 5.41) is 0. The van der Waals surface area contributed by atoms with E-state index >= 15 is 0 Å². The molecule has 0 heterocycles. The molecular weight excluding hydrogens is 208 g/mol. The molecule has 0 amide bonds. The number of rotatable bonds is 7. The van der Waals surface area contributed by atoms with E-state index < -0.39 is 18.7 Å². The summed E-state index contributed by atoms with van der Waals surface area (Å²) in [6.07, 6.45) is 3.79. The SMILES string of the molecule is C=CCS(=O)S(=O)(=O)CCCCC. The Bertz CT molecular complexity index is 267. The fourth-order valence-electron chi connectivity index (χ4n) is 0.822. The zero-order valence-electron chi connectivity index (χ0n) is 7.86. The molecule has 0 saturated carbocycles. The minimum Gasteiger partial charge on any atom is -0.243 e. The molecule has 0 aliphatic rings. The van der Waals surface area contributed by atoms with Crippen molar-refractivity contribution in [3.8, 4) is 0 Å². The van der Waals surface area contributed by atoms with Crippen LogP contribution in [0.4, 0.5) is 0 Å². The lowest BCUT2D eigenvalue weighted by Crippen LogP contribution is -2.14. The van der Waals surface area contributed by atoms with Crippen molar-refractivity contribution in [2.75, 3.05) is 11.5 Å². The van der Waals surface area contributed by atoms with Gasteiger partial charge in [0.1, 0.15) is 9.83 Å². The van der Waals surface area contributed by atoms with Gasteiger partial charge in [0.05, 0.1) is 11.5 Å². The maximum atomic E-state index is 11.2. The lowest BCUT2D eigenvalue weighted by Gasteiger charge is -2.00. The van der Waals surface area contributed by atoms with E-state index in [2.05, 4.69) is 6.58 Å². The van der Waals surface area contributed by atoms with Gasteiger partial charge in [0.15, 0.2) is 0 Å². The molecule has 0 N–H and O–H groups in total. The van der Waals surface area contributed by atoms with E-state index in [1.807, 2.05) is 6.92 Å². The van der Waals surface area contributed by atoms with Crippen LogP contribution in [0.5, 0.6) is 0 Å². The van der Waals surface area contributed by atoms with Crippen LogP contribution in [0.1, 0.15) is 26.2 Å². The Morgan fingerprint density at radius 2 is 2.00 bits per heavy atom. The highest BCUT2D eigenvalue weighted by atomic mass is 33.2. The van der Waals surface area contributed by atoms with Crippen LogP contribution in [0.25, 0.3) is 0 Å². The third kappa shape index (κ3) is 5.21. The van der Waals surface area contributed by atoms with E-state index in [1.54, 1.807) is 0 Å². The maximum absolute atomic E-state index is 11.2. The van der Waals surface area contributed by atoms with Crippen molar-refractivity contribution in [1.29, 1.82) is 0 Å². The molecule has 0 spiro atoms. The second-order valence-corrected chi connectivity index (χ2v) is 7.83. The van der Waals surface area contributed by atoms with Crippen molar-refractivity contribution in [3.05, 3.63) is 12.7 Å². The molecule has 0 radical (unpaired) electrons. The summed E-state index contributed by atoms with van der Waals surface area (Å²) in [5.74, 6) is 0.0652. The van der Waals surface area contributed by atoms with Crippen molar-refractivity contribution in [2.24, 2.45) is 0 Å². The Labute approximate surface area is 82.0 Å². The molecular formula is C8H16O3S2. The van der Waals surface area contributed by atoms with Crippen LogP contribution in [0, 0.1) is 0 Å². The Balaban J connectivity index is 4.07. The molecule has 0 fully saturated rings. The Kier molecular flexibility index (Phi) is 6.24. The molecule has 3 nitrogen and oxygen atoms in total. The van der Waals surface area contributed by atoms with Gasteiger partial charge in [0.25, 0.3) is 0 Å². The second-order valence-electron chi connectivity index (χ2n) is 2.73. The molecule has 1 unspecified atom stereocenters. The third-order valence-corrected chi connectivity index (χ3v) is 6.01. The fourth-order valence-corrected chi connectivity index (χ4v) is 3.79. The predicted octanol–water partition coefficient (Wildman–Crippen LogP) is 1.44. The maximum Gasteiger partial charge on any atom is 0.229 e. The van der Waals surface area contributed by atoms with E-state index in [9.17, 15) is 12.6 Å². The minimum atomic E-state index is -3.39. The van der Waals surface area contributed by atoms with Crippen molar-refractivity contribution < 1.29 is 12.6 Å². The smallest absolute Gasteiger partial charge is 0.229 e. The third-order valence-electron chi connectivity index (χ3n) is 1.54. The number of hydrogen-bond acceptors (Lipinski definition) is 3. The average Bonchev–Trinajstić information content (AvgIpc) is 2.05.